The molecule has 1 N–H and O–H groups in total. The van der Waals surface area contributed by atoms with Gasteiger partial charge in [-0.3, -0.25) is 14.4 Å². The van der Waals surface area contributed by atoms with Crippen LogP contribution in [0.25, 0.3) is 0 Å². The first-order valence-electron chi connectivity index (χ1n) is 9.06. The zero-order valence-electron chi connectivity index (χ0n) is 14.7. The number of nitrogens with one attached hydrogen (secondary N) is 1. The van der Waals surface area contributed by atoms with Gasteiger partial charge < -0.3 is 10.1 Å². The molecule has 1 atom stereocenters. The molecule has 0 aliphatic heterocycles. The third-order valence-corrected chi connectivity index (χ3v) is 4.54. The molecular weight excluding hydrogens is 318 g/mol. The van der Waals surface area contributed by atoms with Crippen molar-refractivity contribution in [3.05, 3.63) is 29.3 Å². The molecule has 1 unspecified atom stereocenters. The molecule has 2 rings (SSSR count). The Hall–Kier alpha value is -2.30. The largest absolute Gasteiger partial charge is 0.326 e. The van der Waals surface area contributed by atoms with E-state index in [9.17, 15) is 19.2 Å². The summed E-state index contributed by atoms with van der Waals surface area (Å²) in [7, 11) is 0. The van der Waals surface area contributed by atoms with Crippen LogP contribution in [0.15, 0.2) is 18.2 Å². The Kier molecular flexibility index (Phi) is 7.04. The zero-order valence-corrected chi connectivity index (χ0v) is 14.7. The molecule has 0 spiro atoms. The summed E-state index contributed by atoms with van der Waals surface area (Å²) < 4.78 is 0. The van der Waals surface area contributed by atoms with Crippen molar-refractivity contribution in [2.24, 2.45) is 5.92 Å². The van der Waals surface area contributed by atoms with Gasteiger partial charge in [-0.25, -0.2) is 0 Å². The lowest BCUT2D eigenvalue weighted by Gasteiger charge is -2.07. The van der Waals surface area contributed by atoms with Crippen molar-refractivity contribution in [1.82, 2.24) is 0 Å². The van der Waals surface area contributed by atoms with Crippen LogP contribution in [0.4, 0.5) is 5.69 Å². The van der Waals surface area contributed by atoms with E-state index in [4.69, 9.17) is 0 Å². The molecule has 134 valence electrons. The van der Waals surface area contributed by atoms with Crippen LogP contribution in [0.3, 0.4) is 0 Å². The number of hydrogen-bond acceptors (Lipinski definition) is 4. The number of hydrogen-bond donors (Lipinski definition) is 1. The molecular formula is C20H25NO4. The summed E-state index contributed by atoms with van der Waals surface area (Å²) >= 11 is 0. The van der Waals surface area contributed by atoms with Crippen LogP contribution in [0.1, 0.15) is 79.0 Å². The first kappa shape index (κ1) is 19.0. The number of carbonyl (C=O) groups is 4. The van der Waals surface area contributed by atoms with E-state index in [-0.39, 0.29) is 17.0 Å². The lowest BCUT2D eigenvalue weighted by atomic mass is 10.1. The number of rotatable bonds is 10. The number of Topliss-reactive ketones (excluding diaryl/α,β-unsaturated/α-hetero) is 2. The van der Waals surface area contributed by atoms with Gasteiger partial charge in [-0.2, -0.15) is 0 Å². The highest BCUT2D eigenvalue weighted by Crippen LogP contribution is 2.28. The van der Waals surface area contributed by atoms with Crippen molar-refractivity contribution in [2.75, 3.05) is 5.32 Å². The fourth-order valence-electron chi connectivity index (χ4n) is 3.08. The molecule has 1 aromatic rings. The topological polar surface area (TPSA) is 80.3 Å². The van der Waals surface area contributed by atoms with Crippen LogP contribution in [-0.2, 0) is 9.59 Å². The van der Waals surface area contributed by atoms with Gasteiger partial charge in [0.2, 0.25) is 5.91 Å². The number of fused-ring (bicyclic) bond motifs is 1. The number of ketones is 2. The SMILES string of the molecule is CCCCCCCCCC(=O)Nc1ccc2c(c1)C(=O)C(C=O)C2=O. The second-order valence-electron chi connectivity index (χ2n) is 6.52. The maximum absolute atomic E-state index is 12.0. The predicted octanol–water partition coefficient (Wildman–Crippen LogP) is 3.96. The molecule has 1 aliphatic rings. The van der Waals surface area contributed by atoms with Crippen LogP contribution in [-0.4, -0.2) is 23.8 Å². The second kappa shape index (κ2) is 9.25. The first-order valence-corrected chi connectivity index (χ1v) is 9.06. The molecule has 0 fully saturated rings. The summed E-state index contributed by atoms with van der Waals surface area (Å²) in [6, 6.07) is 4.59. The first-order chi connectivity index (χ1) is 12.1. The maximum atomic E-state index is 12.0. The predicted molar refractivity (Wildman–Crippen MR) is 95.9 cm³/mol. The van der Waals surface area contributed by atoms with Crippen molar-refractivity contribution >= 4 is 29.4 Å². The molecule has 5 nitrogen and oxygen atoms in total. The Morgan fingerprint density at radius 3 is 2.32 bits per heavy atom. The summed E-state index contributed by atoms with van der Waals surface area (Å²) in [4.78, 5) is 46.8. The number of unbranched alkanes of at least 4 members (excludes halogenated alkanes) is 6. The molecule has 1 amide bonds. The van der Waals surface area contributed by atoms with Crippen molar-refractivity contribution in [1.29, 1.82) is 0 Å². The Bertz CT molecular complexity index is 666. The van der Waals surface area contributed by atoms with Gasteiger partial charge in [0, 0.05) is 23.2 Å². The van der Waals surface area contributed by atoms with E-state index in [0.717, 1.165) is 19.3 Å². The van der Waals surface area contributed by atoms with Gasteiger partial charge in [-0.15, -0.1) is 0 Å². The van der Waals surface area contributed by atoms with Crippen LogP contribution in [0.5, 0.6) is 0 Å². The maximum Gasteiger partial charge on any atom is 0.224 e. The fourth-order valence-corrected chi connectivity index (χ4v) is 3.08. The summed E-state index contributed by atoms with van der Waals surface area (Å²) in [5, 5.41) is 2.76. The number of amides is 1. The summed E-state index contributed by atoms with van der Waals surface area (Å²) in [5.41, 5.74) is 0.961. The van der Waals surface area contributed by atoms with Crippen molar-refractivity contribution < 1.29 is 19.2 Å². The second-order valence-corrected chi connectivity index (χ2v) is 6.52. The van der Waals surface area contributed by atoms with Gasteiger partial charge >= 0.3 is 0 Å². The van der Waals surface area contributed by atoms with Gasteiger partial charge in [-0.05, 0) is 24.6 Å². The molecule has 0 saturated heterocycles. The molecule has 1 aliphatic carbocycles. The summed E-state index contributed by atoms with van der Waals surface area (Å²) in [6.07, 6.45) is 8.81. The standard InChI is InChI=1S/C20H25NO4/c1-2-3-4-5-6-7-8-9-18(23)21-14-10-11-15-16(12-14)20(25)17(13-22)19(15)24/h10-13,17H,2-9H2,1H3,(H,21,23). The molecule has 5 heteroatoms. The molecule has 25 heavy (non-hydrogen) atoms. The number of benzene rings is 1. The van der Waals surface area contributed by atoms with E-state index in [1.807, 2.05) is 0 Å². The lowest BCUT2D eigenvalue weighted by Crippen LogP contribution is -2.16. The third-order valence-electron chi connectivity index (χ3n) is 4.54. The minimum Gasteiger partial charge on any atom is -0.326 e. The van der Waals surface area contributed by atoms with E-state index in [1.54, 1.807) is 6.07 Å². The molecule has 1 aromatic carbocycles. The highest BCUT2D eigenvalue weighted by molar-refractivity contribution is 6.32. The lowest BCUT2D eigenvalue weighted by molar-refractivity contribution is -0.116. The monoisotopic (exact) mass is 343 g/mol. The smallest absolute Gasteiger partial charge is 0.224 e. The van der Waals surface area contributed by atoms with Crippen molar-refractivity contribution in [3.63, 3.8) is 0 Å². The Labute approximate surface area is 148 Å². The zero-order chi connectivity index (χ0) is 18.2. The van der Waals surface area contributed by atoms with E-state index in [0.29, 0.717) is 18.4 Å². The van der Waals surface area contributed by atoms with Gasteiger partial charge in [0.1, 0.15) is 12.2 Å². The van der Waals surface area contributed by atoms with Crippen LogP contribution < -0.4 is 5.32 Å². The number of anilines is 1. The Morgan fingerprint density at radius 2 is 1.64 bits per heavy atom. The molecule has 0 aromatic heterocycles. The van der Waals surface area contributed by atoms with Gasteiger partial charge in [0.15, 0.2) is 11.6 Å². The van der Waals surface area contributed by atoms with Gasteiger partial charge in [0.25, 0.3) is 0 Å². The van der Waals surface area contributed by atoms with Crippen LogP contribution in [0.2, 0.25) is 0 Å². The van der Waals surface area contributed by atoms with Crippen LogP contribution >= 0.6 is 0 Å². The third kappa shape index (κ3) is 4.84. The number of carbonyl (C=O) groups excluding carboxylic acids is 4. The summed E-state index contributed by atoms with van der Waals surface area (Å²) in [5.74, 6) is -2.28. The van der Waals surface area contributed by atoms with Crippen molar-refractivity contribution in [2.45, 2.75) is 58.3 Å². The number of aldehydes is 1. The van der Waals surface area contributed by atoms with Gasteiger partial charge in [-0.1, -0.05) is 45.4 Å². The van der Waals surface area contributed by atoms with Crippen LogP contribution in [0, 0.1) is 5.92 Å². The quantitative estimate of drug-likeness (QED) is 0.396. The molecule has 0 bridgehead atoms. The van der Waals surface area contributed by atoms with Gasteiger partial charge in [0.05, 0.1) is 0 Å². The molecule has 0 saturated carbocycles. The van der Waals surface area contributed by atoms with E-state index < -0.39 is 17.5 Å². The minimum atomic E-state index is -1.23. The van der Waals surface area contributed by atoms with E-state index in [2.05, 4.69) is 12.2 Å². The summed E-state index contributed by atoms with van der Waals surface area (Å²) in [6.45, 7) is 2.19. The minimum absolute atomic E-state index is 0.0998. The van der Waals surface area contributed by atoms with Crippen molar-refractivity contribution in [3.8, 4) is 0 Å². The molecule has 0 radical (unpaired) electrons. The average Bonchev–Trinajstić information content (AvgIpc) is 2.84. The highest BCUT2D eigenvalue weighted by Gasteiger charge is 2.38. The normalized spacial score (nSPS) is 16.0. The molecule has 0 heterocycles. The Balaban J connectivity index is 1.81. The average molecular weight is 343 g/mol. The van der Waals surface area contributed by atoms with E-state index >= 15 is 0 Å². The fraction of sp³-hybridized carbons (Fsp3) is 0.500. The van der Waals surface area contributed by atoms with E-state index in [1.165, 1.54) is 37.8 Å². The highest BCUT2D eigenvalue weighted by atomic mass is 16.2. The Morgan fingerprint density at radius 1 is 1.00 bits per heavy atom.